The molecule has 1 fully saturated rings. The van der Waals surface area contributed by atoms with Crippen LogP contribution in [0.5, 0.6) is 0 Å². The van der Waals surface area contributed by atoms with E-state index in [1.54, 1.807) is 0 Å². The Bertz CT molecular complexity index is 552. The van der Waals surface area contributed by atoms with Crippen molar-refractivity contribution >= 4 is 23.5 Å². The van der Waals surface area contributed by atoms with Gasteiger partial charge in [0.15, 0.2) is 0 Å². The molecule has 114 valence electrons. The molecule has 5 heteroatoms. The molecule has 1 aliphatic rings. The van der Waals surface area contributed by atoms with Crippen molar-refractivity contribution in [2.24, 2.45) is 5.41 Å². The number of aliphatic carboxylic acids is 1. The molecule has 0 bridgehead atoms. The Hall–Kier alpha value is -1.55. The van der Waals surface area contributed by atoms with Gasteiger partial charge in [-0.3, -0.25) is 9.59 Å². The summed E-state index contributed by atoms with van der Waals surface area (Å²) in [5, 5.41) is 12.6. The van der Waals surface area contributed by atoms with Crippen molar-refractivity contribution in [3.05, 3.63) is 34.3 Å². The van der Waals surface area contributed by atoms with E-state index in [0.29, 0.717) is 30.7 Å². The highest BCUT2D eigenvalue weighted by Crippen LogP contribution is 2.40. The summed E-state index contributed by atoms with van der Waals surface area (Å²) >= 11 is 6.05. The van der Waals surface area contributed by atoms with Gasteiger partial charge < -0.3 is 10.4 Å². The predicted octanol–water partition coefficient (Wildman–Crippen LogP) is 2.95. The van der Waals surface area contributed by atoms with Crippen LogP contribution < -0.4 is 5.32 Å². The van der Waals surface area contributed by atoms with Gasteiger partial charge in [0.1, 0.15) is 0 Å². The number of hydrogen-bond acceptors (Lipinski definition) is 2. The van der Waals surface area contributed by atoms with Gasteiger partial charge in [0, 0.05) is 18.0 Å². The van der Waals surface area contributed by atoms with Crippen molar-refractivity contribution in [1.29, 1.82) is 0 Å². The standard InChI is InChI=1S/C16H20ClNO3/c1-11-3-4-12(9-13(11)17)5-6-14(19)18-10-16(15(20)21)7-2-8-16/h3-4,9H,2,5-8,10H2,1H3,(H,18,19)(H,20,21). The summed E-state index contributed by atoms with van der Waals surface area (Å²) in [6.07, 6.45) is 3.16. The van der Waals surface area contributed by atoms with Crippen LogP contribution in [0.3, 0.4) is 0 Å². The minimum absolute atomic E-state index is 0.112. The first-order valence-electron chi connectivity index (χ1n) is 7.18. The third-order valence-corrected chi connectivity index (χ3v) is 4.67. The number of aryl methyl sites for hydroxylation is 2. The van der Waals surface area contributed by atoms with Crippen LogP contribution >= 0.6 is 11.6 Å². The van der Waals surface area contributed by atoms with Gasteiger partial charge in [-0.1, -0.05) is 30.2 Å². The fraction of sp³-hybridized carbons (Fsp3) is 0.500. The van der Waals surface area contributed by atoms with Crippen LogP contribution in [-0.4, -0.2) is 23.5 Å². The average molecular weight is 310 g/mol. The van der Waals surface area contributed by atoms with E-state index in [4.69, 9.17) is 11.6 Å². The van der Waals surface area contributed by atoms with Crippen molar-refractivity contribution in [1.82, 2.24) is 5.32 Å². The van der Waals surface area contributed by atoms with E-state index in [1.165, 1.54) is 0 Å². The lowest BCUT2D eigenvalue weighted by Crippen LogP contribution is -2.47. The Labute approximate surface area is 129 Å². The molecule has 1 aromatic carbocycles. The van der Waals surface area contributed by atoms with Crippen molar-refractivity contribution in [3.8, 4) is 0 Å². The van der Waals surface area contributed by atoms with Gasteiger partial charge in [-0.05, 0) is 43.4 Å². The first-order chi connectivity index (χ1) is 9.93. The number of carboxylic acid groups (broad SMARTS) is 1. The summed E-state index contributed by atoms with van der Waals surface area (Å²) in [4.78, 5) is 23.0. The van der Waals surface area contributed by atoms with Crippen LogP contribution in [0.1, 0.15) is 36.8 Å². The van der Waals surface area contributed by atoms with E-state index in [2.05, 4.69) is 5.32 Å². The van der Waals surface area contributed by atoms with Crippen LogP contribution in [0, 0.1) is 12.3 Å². The maximum Gasteiger partial charge on any atom is 0.311 e. The molecular formula is C16H20ClNO3. The summed E-state index contributed by atoms with van der Waals surface area (Å²) in [6, 6.07) is 5.76. The van der Waals surface area contributed by atoms with E-state index in [1.807, 2.05) is 25.1 Å². The summed E-state index contributed by atoms with van der Waals surface area (Å²) in [5.74, 6) is -0.918. The van der Waals surface area contributed by atoms with Gasteiger partial charge in [0.05, 0.1) is 5.41 Å². The SMILES string of the molecule is Cc1ccc(CCC(=O)NCC2(C(=O)O)CCC2)cc1Cl. The minimum atomic E-state index is -0.806. The molecule has 21 heavy (non-hydrogen) atoms. The zero-order valence-electron chi connectivity index (χ0n) is 12.1. The lowest BCUT2D eigenvalue weighted by atomic mass is 9.69. The third-order valence-electron chi connectivity index (χ3n) is 4.27. The molecule has 2 rings (SSSR count). The molecule has 0 saturated heterocycles. The highest BCUT2D eigenvalue weighted by molar-refractivity contribution is 6.31. The number of carbonyl (C=O) groups excluding carboxylic acids is 1. The zero-order valence-corrected chi connectivity index (χ0v) is 12.9. The molecule has 0 spiro atoms. The van der Waals surface area contributed by atoms with Crippen molar-refractivity contribution in [2.45, 2.75) is 39.0 Å². The van der Waals surface area contributed by atoms with Crippen molar-refractivity contribution in [3.63, 3.8) is 0 Å². The topological polar surface area (TPSA) is 66.4 Å². The van der Waals surface area contributed by atoms with Gasteiger partial charge in [-0.15, -0.1) is 0 Å². The lowest BCUT2D eigenvalue weighted by molar-refractivity contribution is -0.154. The van der Waals surface area contributed by atoms with Crippen LogP contribution in [0.15, 0.2) is 18.2 Å². The molecule has 0 aromatic heterocycles. The molecule has 1 aliphatic carbocycles. The normalized spacial score (nSPS) is 16.1. The Morgan fingerprint density at radius 1 is 1.38 bits per heavy atom. The quantitative estimate of drug-likeness (QED) is 0.849. The largest absolute Gasteiger partial charge is 0.481 e. The highest BCUT2D eigenvalue weighted by Gasteiger charge is 2.44. The summed E-state index contributed by atoms with van der Waals surface area (Å²) < 4.78 is 0. The number of rotatable bonds is 6. The Morgan fingerprint density at radius 2 is 2.10 bits per heavy atom. The van der Waals surface area contributed by atoms with Crippen LogP contribution in [0.2, 0.25) is 5.02 Å². The van der Waals surface area contributed by atoms with Gasteiger partial charge in [-0.25, -0.2) is 0 Å². The van der Waals surface area contributed by atoms with E-state index < -0.39 is 11.4 Å². The number of carbonyl (C=O) groups is 2. The van der Waals surface area contributed by atoms with Crippen molar-refractivity contribution in [2.75, 3.05) is 6.54 Å². The lowest BCUT2D eigenvalue weighted by Gasteiger charge is -2.37. The molecule has 0 radical (unpaired) electrons. The molecular weight excluding hydrogens is 290 g/mol. The molecule has 2 N–H and O–H groups in total. The van der Waals surface area contributed by atoms with E-state index in [9.17, 15) is 14.7 Å². The number of amides is 1. The summed E-state index contributed by atoms with van der Waals surface area (Å²) in [6.45, 7) is 2.17. The number of carboxylic acids is 1. The van der Waals surface area contributed by atoms with Crippen LogP contribution in [0.4, 0.5) is 0 Å². The molecule has 1 amide bonds. The second-order valence-corrected chi connectivity index (χ2v) is 6.21. The summed E-state index contributed by atoms with van der Waals surface area (Å²) in [7, 11) is 0. The van der Waals surface area contributed by atoms with Crippen LogP contribution in [-0.2, 0) is 16.0 Å². The molecule has 4 nitrogen and oxygen atoms in total. The second-order valence-electron chi connectivity index (χ2n) is 5.80. The molecule has 0 aliphatic heterocycles. The minimum Gasteiger partial charge on any atom is -0.481 e. The molecule has 1 saturated carbocycles. The van der Waals surface area contributed by atoms with Gasteiger partial charge in [0.25, 0.3) is 0 Å². The van der Waals surface area contributed by atoms with Gasteiger partial charge >= 0.3 is 5.97 Å². The summed E-state index contributed by atoms with van der Waals surface area (Å²) in [5.41, 5.74) is 1.29. The number of halogens is 1. The molecule has 0 atom stereocenters. The predicted molar refractivity (Wildman–Crippen MR) is 81.4 cm³/mol. The highest BCUT2D eigenvalue weighted by atomic mass is 35.5. The van der Waals surface area contributed by atoms with Crippen molar-refractivity contribution < 1.29 is 14.7 Å². The average Bonchev–Trinajstić information content (AvgIpc) is 2.38. The van der Waals surface area contributed by atoms with Gasteiger partial charge in [-0.2, -0.15) is 0 Å². The Morgan fingerprint density at radius 3 is 2.62 bits per heavy atom. The van der Waals surface area contributed by atoms with E-state index in [-0.39, 0.29) is 12.5 Å². The first kappa shape index (κ1) is 15.8. The fourth-order valence-electron chi connectivity index (χ4n) is 2.48. The molecule has 1 aromatic rings. The molecule has 0 unspecified atom stereocenters. The van der Waals surface area contributed by atoms with Gasteiger partial charge in [0.2, 0.25) is 5.91 Å². The number of hydrogen-bond donors (Lipinski definition) is 2. The third kappa shape index (κ3) is 3.76. The Balaban J connectivity index is 1.79. The fourth-order valence-corrected chi connectivity index (χ4v) is 2.68. The zero-order chi connectivity index (χ0) is 15.5. The maximum absolute atomic E-state index is 11.8. The first-order valence-corrected chi connectivity index (χ1v) is 7.56. The second kappa shape index (κ2) is 6.48. The number of benzene rings is 1. The Kier molecular flexibility index (Phi) is 4.88. The van der Waals surface area contributed by atoms with E-state index in [0.717, 1.165) is 17.5 Å². The molecule has 0 heterocycles. The maximum atomic E-state index is 11.8. The van der Waals surface area contributed by atoms with Crippen LogP contribution in [0.25, 0.3) is 0 Å². The number of nitrogens with one attached hydrogen (secondary N) is 1. The smallest absolute Gasteiger partial charge is 0.311 e. The van der Waals surface area contributed by atoms with E-state index >= 15 is 0 Å². The monoisotopic (exact) mass is 309 g/mol.